The molecule has 3 aromatic carbocycles. The van der Waals surface area contributed by atoms with Gasteiger partial charge in [-0.15, -0.1) is 0 Å². The number of benzene rings is 3. The topological polar surface area (TPSA) is 65.2 Å². The van der Waals surface area contributed by atoms with Crippen LogP contribution in [-0.2, 0) is 23.7 Å². The molecular weight excluding hydrogens is 468 g/mol. The van der Waals surface area contributed by atoms with Crippen LogP contribution in [0.3, 0.4) is 0 Å². The third-order valence-corrected chi connectivity index (χ3v) is 6.63. The molecule has 0 amide bonds. The highest BCUT2D eigenvalue weighted by molar-refractivity contribution is 5.88. The lowest BCUT2D eigenvalue weighted by atomic mass is 9.83. The molecule has 0 aliphatic heterocycles. The van der Waals surface area contributed by atoms with Gasteiger partial charge in [0.1, 0.15) is 11.5 Å². The highest BCUT2D eigenvalue weighted by Crippen LogP contribution is 2.36. The van der Waals surface area contributed by atoms with Crippen LogP contribution in [0.1, 0.15) is 102 Å². The SMILES string of the molecule is CCCc1cc(C=Nc2cccc(N=Cc3cc(CCC)cc(C(C)(C)C)c3O)c2)c(O)c(C(C)(C)C)c1. The minimum absolute atomic E-state index is 0.169. The Bertz CT molecular complexity index is 1220. The van der Waals surface area contributed by atoms with Crippen molar-refractivity contribution in [1.29, 1.82) is 0 Å². The number of aryl methyl sites for hydroxylation is 2. The molecule has 3 aromatic rings. The minimum Gasteiger partial charge on any atom is -0.507 e. The Morgan fingerprint density at radius 1 is 0.632 bits per heavy atom. The first-order valence-electron chi connectivity index (χ1n) is 13.7. The normalized spacial score (nSPS) is 12.6. The summed E-state index contributed by atoms with van der Waals surface area (Å²) < 4.78 is 0. The van der Waals surface area contributed by atoms with Crippen LogP contribution >= 0.6 is 0 Å². The van der Waals surface area contributed by atoms with Gasteiger partial charge in [0.2, 0.25) is 0 Å². The standard InChI is InChI=1S/C34H44N2O2/c1-9-12-23-16-25(31(37)29(18-23)33(3,4)5)21-35-27-14-11-15-28(20-27)36-22-26-17-24(13-10-2)19-30(32(26)38)34(6,7)8/h11,14-22,37-38H,9-10,12-13H2,1-8H3. The molecule has 0 saturated heterocycles. The van der Waals surface area contributed by atoms with Gasteiger partial charge in [0.15, 0.2) is 0 Å². The van der Waals surface area contributed by atoms with Gasteiger partial charge in [-0.1, -0.05) is 86.4 Å². The molecule has 0 atom stereocenters. The summed E-state index contributed by atoms with van der Waals surface area (Å²) >= 11 is 0. The number of hydrogen-bond donors (Lipinski definition) is 2. The van der Waals surface area contributed by atoms with Crippen molar-refractivity contribution in [3.8, 4) is 11.5 Å². The second kappa shape index (κ2) is 12.0. The van der Waals surface area contributed by atoms with E-state index in [9.17, 15) is 10.2 Å². The van der Waals surface area contributed by atoms with Crippen molar-refractivity contribution >= 4 is 23.8 Å². The molecule has 0 unspecified atom stereocenters. The van der Waals surface area contributed by atoms with Crippen molar-refractivity contribution in [2.45, 2.75) is 91.9 Å². The van der Waals surface area contributed by atoms with E-state index in [2.05, 4.69) is 77.5 Å². The summed E-state index contributed by atoms with van der Waals surface area (Å²) in [5.74, 6) is 0.569. The van der Waals surface area contributed by atoms with E-state index in [-0.39, 0.29) is 22.3 Å². The number of aliphatic imine (C=N–C) groups is 2. The van der Waals surface area contributed by atoms with Crippen LogP contribution in [0.4, 0.5) is 11.4 Å². The largest absolute Gasteiger partial charge is 0.507 e. The van der Waals surface area contributed by atoms with E-state index in [0.29, 0.717) is 0 Å². The van der Waals surface area contributed by atoms with E-state index >= 15 is 0 Å². The number of phenolic OH excluding ortho intramolecular Hbond substituents is 2. The van der Waals surface area contributed by atoms with Gasteiger partial charge >= 0.3 is 0 Å². The molecule has 0 aromatic heterocycles. The van der Waals surface area contributed by atoms with Crippen LogP contribution in [0, 0.1) is 0 Å². The third-order valence-electron chi connectivity index (χ3n) is 6.63. The summed E-state index contributed by atoms with van der Waals surface area (Å²) in [7, 11) is 0. The van der Waals surface area contributed by atoms with Crippen LogP contribution < -0.4 is 0 Å². The Labute approximate surface area is 229 Å². The highest BCUT2D eigenvalue weighted by atomic mass is 16.3. The van der Waals surface area contributed by atoms with E-state index in [1.54, 1.807) is 12.4 Å². The third kappa shape index (κ3) is 7.34. The smallest absolute Gasteiger partial charge is 0.128 e. The number of rotatable bonds is 8. The molecule has 0 saturated carbocycles. The summed E-state index contributed by atoms with van der Waals surface area (Å²) in [6, 6.07) is 15.9. The Hall–Kier alpha value is -3.40. The zero-order valence-corrected chi connectivity index (χ0v) is 24.4. The summed E-state index contributed by atoms with van der Waals surface area (Å²) in [6.45, 7) is 17.0. The molecule has 3 rings (SSSR count). The van der Waals surface area contributed by atoms with Gasteiger partial charge in [-0.3, -0.25) is 9.98 Å². The van der Waals surface area contributed by atoms with Crippen molar-refractivity contribution in [2.75, 3.05) is 0 Å². The van der Waals surface area contributed by atoms with E-state index in [1.165, 1.54) is 11.1 Å². The molecule has 0 heterocycles. The Morgan fingerprint density at radius 2 is 1.03 bits per heavy atom. The quantitative estimate of drug-likeness (QED) is 0.296. The number of phenols is 2. The van der Waals surface area contributed by atoms with Crippen molar-refractivity contribution in [1.82, 2.24) is 0 Å². The van der Waals surface area contributed by atoms with E-state index in [1.807, 2.05) is 36.4 Å². The van der Waals surface area contributed by atoms with Gasteiger partial charge in [-0.25, -0.2) is 0 Å². The Morgan fingerprint density at radius 3 is 1.37 bits per heavy atom. The van der Waals surface area contributed by atoms with E-state index in [0.717, 1.165) is 59.3 Å². The van der Waals surface area contributed by atoms with Gasteiger partial charge in [-0.05, 0) is 65.1 Å². The second-order valence-corrected chi connectivity index (χ2v) is 12.2. The van der Waals surface area contributed by atoms with Crippen LogP contribution in [0.15, 0.2) is 58.5 Å². The highest BCUT2D eigenvalue weighted by Gasteiger charge is 2.22. The maximum atomic E-state index is 11.0. The molecule has 0 radical (unpaired) electrons. The van der Waals surface area contributed by atoms with Crippen LogP contribution in [0.5, 0.6) is 11.5 Å². The molecular formula is C34H44N2O2. The van der Waals surface area contributed by atoms with Gasteiger partial charge < -0.3 is 10.2 Å². The number of nitrogens with zero attached hydrogens (tertiary/aromatic N) is 2. The monoisotopic (exact) mass is 512 g/mol. The zero-order chi connectivity index (χ0) is 28.1. The fourth-order valence-electron chi connectivity index (χ4n) is 4.59. The summed E-state index contributed by atoms with van der Waals surface area (Å²) in [6.07, 6.45) is 7.47. The lowest BCUT2D eigenvalue weighted by Gasteiger charge is -2.22. The lowest BCUT2D eigenvalue weighted by Crippen LogP contribution is -2.13. The predicted octanol–water partition coefficient (Wildman–Crippen LogP) is 9.10. The van der Waals surface area contributed by atoms with Crippen LogP contribution in [-0.4, -0.2) is 22.6 Å². The average molecular weight is 513 g/mol. The maximum Gasteiger partial charge on any atom is 0.128 e. The maximum absolute atomic E-state index is 11.0. The first-order valence-corrected chi connectivity index (χ1v) is 13.7. The Balaban J connectivity index is 1.94. The molecule has 2 N–H and O–H groups in total. The fraction of sp³-hybridized carbons (Fsp3) is 0.412. The predicted molar refractivity (Wildman–Crippen MR) is 163 cm³/mol. The summed E-state index contributed by atoms with van der Waals surface area (Å²) in [5, 5.41) is 22.0. The number of hydrogen-bond acceptors (Lipinski definition) is 4. The first-order chi connectivity index (χ1) is 17.8. The minimum atomic E-state index is -0.169. The molecule has 202 valence electrons. The first kappa shape index (κ1) is 29.2. The Kier molecular flexibility index (Phi) is 9.19. The van der Waals surface area contributed by atoms with Crippen LogP contribution in [0.2, 0.25) is 0 Å². The fourth-order valence-corrected chi connectivity index (χ4v) is 4.59. The average Bonchev–Trinajstić information content (AvgIpc) is 2.83. The molecule has 38 heavy (non-hydrogen) atoms. The zero-order valence-electron chi connectivity index (χ0n) is 24.4. The molecule has 4 nitrogen and oxygen atoms in total. The van der Waals surface area contributed by atoms with Crippen molar-refractivity contribution in [2.24, 2.45) is 9.98 Å². The summed E-state index contributed by atoms with van der Waals surface area (Å²) in [5.41, 5.74) is 6.88. The van der Waals surface area contributed by atoms with Crippen molar-refractivity contribution < 1.29 is 10.2 Å². The van der Waals surface area contributed by atoms with E-state index in [4.69, 9.17) is 0 Å². The van der Waals surface area contributed by atoms with E-state index < -0.39 is 0 Å². The van der Waals surface area contributed by atoms with Crippen molar-refractivity contribution in [3.05, 3.63) is 81.9 Å². The summed E-state index contributed by atoms with van der Waals surface area (Å²) in [4.78, 5) is 9.34. The van der Waals surface area contributed by atoms with Gasteiger partial charge in [0.05, 0.1) is 11.4 Å². The lowest BCUT2D eigenvalue weighted by molar-refractivity contribution is 0.444. The van der Waals surface area contributed by atoms with Crippen LogP contribution in [0.25, 0.3) is 0 Å². The molecule has 0 spiro atoms. The number of aromatic hydroxyl groups is 2. The van der Waals surface area contributed by atoms with Gasteiger partial charge in [0.25, 0.3) is 0 Å². The van der Waals surface area contributed by atoms with Crippen molar-refractivity contribution in [3.63, 3.8) is 0 Å². The molecule has 0 aliphatic rings. The molecule has 0 aliphatic carbocycles. The molecule has 0 bridgehead atoms. The molecule has 0 fully saturated rings. The second-order valence-electron chi connectivity index (χ2n) is 12.2. The van der Waals surface area contributed by atoms with Gasteiger partial charge in [-0.2, -0.15) is 0 Å². The molecule has 4 heteroatoms. The van der Waals surface area contributed by atoms with Gasteiger partial charge in [0, 0.05) is 34.7 Å².